The minimum absolute atomic E-state index is 0.225. The molecule has 0 aliphatic heterocycles. The van der Waals surface area contributed by atoms with Crippen molar-refractivity contribution in [3.8, 4) is 0 Å². The van der Waals surface area contributed by atoms with Crippen molar-refractivity contribution in [2.75, 3.05) is 12.4 Å². The Labute approximate surface area is 105 Å². The molecule has 0 spiro atoms. The molecule has 0 saturated heterocycles. The summed E-state index contributed by atoms with van der Waals surface area (Å²) in [6.07, 6.45) is 1.61. The zero-order valence-electron chi connectivity index (χ0n) is 9.35. The summed E-state index contributed by atoms with van der Waals surface area (Å²) in [6, 6.07) is 9.67. The summed E-state index contributed by atoms with van der Waals surface area (Å²) in [4.78, 5) is 7.88. The number of nitrogens with zero attached hydrogens (tertiary/aromatic N) is 2. The maximum absolute atomic E-state index is 5.71. The molecular weight excluding hydrogens is 238 g/mol. The van der Waals surface area contributed by atoms with Crippen LogP contribution >= 0.6 is 11.6 Å². The van der Waals surface area contributed by atoms with Gasteiger partial charge in [-0.25, -0.2) is 9.97 Å². The highest BCUT2D eigenvalue weighted by Gasteiger charge is 1.99. The fraction of sp³-hybridized carbons (Fsp3) is 0.167. The van der Waals surface area contributed by atoms with Crippen LogP contribution in [0.4, 0.5) is 11.5 Å². The van der Waals surface area contributed by atoms with E-state index in [-0.39, 0.29) is 5.28 Å². The van der Waals surface area contributed by atoms with Crippen LogP contribution in [0.3, 0.4) is 0 Å². The van der Waals surface area contributed by atoms with Crippen molar-refractivity contribution in [1.82, 2.24) is 9.97 Å². The van der Waals surface area contributed by atoms with Gasteiger partial charge in [0.2, 0.25) is 5.28 Å². The van der Waals surface area contributed by atoms with Gasteiger partial charge in [-0.3, -0.25) is 0 Å². The second kappa shape index (κ2) is 5.61. The van der Waals surface area contributed by atoms with Gasteiger partial charge in [-0.1, -0.05) is 12.1 Å². The second-order valence-electron chi connectivity index (χ2n) is 3.47. The third kappa shape index (κ3) is 3.41. The van der Waals surface area contributed by atoms with E-state index in [0.717, 1.165) is 11.3 Å². The molecule has 2 rings (SSSR count). The lowest BCUT2D eigenvalue weighted by atomic mass is 10.2. The largest absolute Gasteiger partial charge is 0.380 e. The van der Waals surface area contributed by atoms with Gasteiger partial charge >= 0.3 is 0 Å². The number of aromatic nitrogens is 2. The van der Waals surface area contributed by atoms with Crippen molar-refractivity contribution in [3.63, 3.8) is 0 Å². The predicted octanol–water partition coefficient (Wildman–Crippen LogP) is 3.02. The third-order valence-electron chi connectivity index (χ3n) is 2.14. The molecule has 0 fully saturated rings. The monoisotopic (exact) mass is 249 g/mol. The van der Waals surface area contributed by atoms with Gasteiger partial charge in [0.1, 0.15) is 5.82 Å². The van der Waals surface area contributed by atoms with E-state index in [0.29, 0.717) is 12.4 Å². The van der Waals surface area contributed by atoms with E-state index in [9.17, 15) is 0 Å². The maximum Gasteiger partial charge on any atom is 0.224 e. The second-order valence-corrected chi connectivity index (χ2v) is 3.81. The smallest absolute Gasteiger partial charge is 0.224 e. The highest BCUT2D eigenvalue weighted by molar-refractivity contribution is 6.28. The molecule has 1 heterocycles. The first kappa shape index (κ1) is 11.8. The van der Waals surface area contributed by atoms with Crippen LogP contribution in [-0.4, -0.2) is 17.1 Å². The summed E-state index contributed by atoms with van der Waals surface area (Å²) >= 11 is 5.71. The zero-order chi connectivity index (χ0) is 12.1. The quantitative estimate of drug-likeness (QED) is 0.847. The first-order valence-electron chi connectivity index (χ1n) is 5.11. The van der Waals surface area contributed by atoms with E-state index in [1.165, 1.54) is 0 Å². The van der Waals surface area contributed by atoms with Gasteiger partial charge in [0.05, 0.1) is 6.61 Å². The Balaban J connectivity index is 2.15. The van der Waals surface area contributed by atoms with E-state index in [4.69, 9.17) is 16.3 Å². The van der Waals surface area contributed by atoms with Crippen LogP contribution in [0.15, 0.2) is 36.5 Å². The number of rotatable bonds is 4. The van der Waals surface area contributed by atoms with Crippen molar-refractivity contribution in [3.05, 3.63) is 47.4 Å². The number of hydrogen-bond donors (Lipinski definition) is 1. The maximum atomic E-state index is 5.71. The molecule has 0 aliphatic carbocycles. The average molecular weight is 250 g/mol. The number of ether oxygens (including phenoxy) is 1. The minimum atomic E-state index is 0.225. The SMILES string of the molecule is COCc1cccc(Nc2ccnc(Cl)n2)c1. The predicted molar refractivity (Wildman–Crippen MR) is 67.5 cm³/mol. The molecule has 1 aromatic carbocycles. The van der Waals surface area contributed by atoms with E-state index in [1.807, 2.05) is 24.3 Å². The Bertz CT molecular complexity index is 505. The summed E-state index contributed by atoms with van der Waals surface area (Å²) in [5.74, 6) is 0.666. The lowest BCUT2D eigenvalue weighted by Crippen LogP contribution is -1.96. The van der Waals surface area contributed by atoms with Crippen molar-refractivity contribution in [2.24, 2.45) is 0 Å². The number of nitrogens with one attached hydrogen (secondary N) is 1. The number of benzene rings is 1. The van der Waals surface area contributed by atoms with Crippen molar-refractivity contribution >= 4 is 23.1 Å². The third-order valence-corrected chi connectivity index (χ3v) is 2.32. The molecule has 0 amide bonds. The fourth-order valence-electron chi connectivity index (χ4n) is 1.46. The van der Waals surface area contributed by atoms with Crippen LogP contribution in [0.25, 0.3) is 0 Å². The van der Waals surface area contributed by atoms with Crippen molar-refractivity contribution < 1.29 is 4.74 Å². The zero-order valence-corrected chi connectivity index (χ0v) is 10.1. The topological polar surface area (TPSA) is 47.0 Å². The van der Waals surface area contributed by atoms with Crippen LogP contribution in [-0.2, 0) is 11.3 Å². The van der Waals surface area contributed by atoms with Crippen molar-refractivity contribution in [1.29, 1.82) is 0 Å². The Hall–Kier alpha value is -1.65. The van der Waals surface area contributed by atoms with Crippen LogP contribution in [0.5, 0.6) is 0 Å². The molecular formula is C12H12ClN3O. The van der Waals surface area contributed by atoms with Gasteiger partial charge in [0, 0.05) is 19.0 Å². The first-order valence-corrected chi connectivity index (χ1v) is 5.49. The molecule has 0 saturated carbocycles. The Morgan fingerprint density at radius 2 is 2.24 bits per heavy atom. The number of hydrogen-bond acceptors (Lipinski definition) is 4. The van der Waals surface area contributed by atoms with Crippen LogP contribution in [0, 0.1) is 0 Å². The van der Waals surface area contributed by atoms with Crippen molar-refractivity contribution in [2.45, 2.75) is 6.61 Å². The summed E-state index contributed by atoms with van der Waals surface area (Å²) < 4.78 is 5.08. The summed E-state index contributed by atoms with van der Waals surface area (Å²) in [7, 11) is 1.67. The molecule has 17 heavy (non-hydrogen) atoms. The summed E-state index contributed by atoms with van der Waals surface area (Å²) in [6.45, 7) is 0.583. The highest BCUT2D eigenvalue weighted by Crippen LogP contribution is 2.17. The van der Waals surface area contributed by atoms with Gasteiger partial charge in [-0.2, -0.15) is 0 Å². The lowest BCUT2D eigenvalue weighted by Gasteiger charge is -2.07. The van der Waals surface area contributed by atoms with E-state index in [2.05, 4.69) is 15.3 Å². The first-order chi connectivity index (χ1) is 8.28. The molecule has 0 radical (unpaired) electrons. The number of anilines is 2. The standard InChI is InChI=1S/C12H12ClN3O/c1-17-8-9-3-2-4-10(7-9)15-11-5-6-14-12(13)16-11/h2-7H,8H2,1H3,(H,14,15,16). The molecule has 1 aromatic heterocycles. The minimum Gasteiger partial charge on any atom is -0.380 e. The van der Waals surface area contributed by atoms with E-state index < -0.39 is 0 Å². The van der Waals surface area contributed by atoms with Crippen LogP contribution in [0.1, 0.15) is 5.56 Å². The average Bonchev–Trinajstić information content (AvgIpc) is 2.30. The molecule has 0 unspecified atom stereocenters. The lowest BCUT2D eigenvalue weighted by molar-refractivity contribution is 0.185. The molecule has 4 nitrogen and oxygen atoms in total. The van der Waals surface area contributed by atoms with Gasteiger partial charge in [-0.05, 0) is 35.4 Å². The summed E-state index contributed by atoms with van der Waals surface area (Å²) in [5, 5.41) is 3.38. The highest BCUT2D eigenvalue weighted by atomic mass is 35.5. The molecule has 2 aromatic rings. The van der Waals surface area contributed by atoms with Gasteiger partial charge < -0.3 is 10.1 Å². The summed E-state index contributed by atoms with van der Waals surface area (Å²) in [5.41, 5.74) is 2.03. The normalized spacial score (nSPS) is 10.2. The molecule has 0 bridgehead atoms. The van der Waals surface area contributed by atoms with Gasteiger partial charge in [-0.15, -0.1) is 0 Å². The molecule has 0 aliphatic rings. The number of halogens is 1. The van der Waals surface area contributed by atoms with E-state index >= 15 is 0 Å². The van der Waals surface area contributed by atoms with Gasteiger partial charge in [0.15, 0.2) is 0 Å². The van der Waals surface area contributed by atoms with E-state index in [1.54, 1.807) is 19.4 Å². The number of methoxy groups -OCH3 is 1. The Morgan fingerprint density at radius 1 is 1.35 bits per heavy atom. The van der Waals surface area contributed by atoms with Gasteiger partial charge in [0.25, 0.3) is 0 Å². The Morgan fingerprint density at radius 3 is 3.00 bits per heavy atom. The fourth-order valence-corrected chi connectivity index (χ4v) is 1.61. The van der Waals surface area contributed by atoms with Crippen LogP contribution in [0.2, 0.25) is 5.28 Å². The molecule has 0 atom stereocenters. The molecule has 1 N–H and O–H groups in total. The Kier molecular flexibility index (Phi) is 3.90. The van der Waals surface area contributed by atoms with Crippen LogP contribution < -0.4 is 5.32 Å². The molecule has 5 heteroatoms. The molecule has 88 valence electrons.